The number of benzene rings is 3. The molecule has 0 spiro atoms. The molecule has 0 bridgehead atoms. The largest absolute Gasteiger partial charge is 0.497 e. The van der Waals surface area contributed by atoms with Gasteiger partial charge in [0, 0.05) is 11.8 Å². The maximum absolute atomic E-state index is 13.5. The van der Waals surface area contributed by atoms with Crippen LogP contribution in [0.1, 0.15) is 37.8 Å². The third-order valence-electron chi connectivity index (χ3n) is 5.88. The molecule has 4 rings (SSSR count). The van der Waals surface area contributed by atoms with Crippen molar-refractivity contribution in [3.63, 3.8) is 0 Å². The number of nitrogens with zero attached hydrogens (tertiary/aromatic N) is 2. The van der Waals surface area contributed by atoms with Crippen LogP contribution < -0.4 is 15.6 Å². The van der Waals surface area contributed by atoms with E-state index in [4.69, 9.17) is 9.72 Å². The number of para-hydroxylation sites is 2. The number of rotatable bonds is 7. The summed E-state index contributed by atoms with van der Waals surface area (Å²) in [4.78, 5) is 31.6. The molecular weight excluding hydrogens is 458 g/mol. The highest BCUT2D eigenvalue weighted by atomic mass is 32.2. The molecule has 0 aliphatic rings. The molecule has 0 fully saturated rings. The standard InChI is InChI=1S/C28H29N3O3S/c1-17(2)22-14-8-10-18(3)25(22)30-26(32)19(4)35-28-29-24-15-7-6-13-23(24)27(33)31(28)20-11-9-12-21(16-20)34-5/h6-17,19H,1-5H3,(H,30,32). The zero-order chi connectivity index (χ0) is 25.1. The van der Waals surface area contributed by atoms with Gasteiger partial charge in [-0.1, -0.05) is 62.0 Å². The lowest BCUT2D eigenvalue weighted by Gasteiger charge is -2.20. The second-order valence-corrected chi connectivity index (χ2v) is 10.0. The van der Waals surface area contributed by atoms with E-state index in [2.05, 4.69) is 19.2 Å². The quantitative estimate of drug-likeness (QED) is 0.258. The second kappa shape index (κ2) is 10.4. The lowest BCUT2D eigenvalue weighted by Crippen LogP contribution is -2.27. The highest BCUT2D eigenvalue weighted by Crippen LogP contribution is 2.30. The van der Waals surface area contributed by atoms with E-state index in [1.807, 2.05) is 68.4 Å². The monoisotopic (exact) mass is 487 g/mol. The third-order valence-corrected chi connectivity index (χ3v) is 6.94. The molecule has 1 atom stereocenters. The summed E-state index contributed by atoms with van der Waals surface area (Å²) in [7, 11) is 1.58. The highest BCUT2D eigenvalue weighted by molar-refractivity contribution is 8.00. The molecule has 1 heterocycles. The summed E-state index contributed by atoms with van der Waals surface area (Å²) in [6, 6.07) is 20.5. The first-order valence-electron chi connectivity index (χ1n) is 11.5. The number of aryl methyl sites for hydroxylation is 1. The van der Waals surface area contributed by atoms with Crippen LogP contribution in [0.2, 0.25) is 0 Å². The summed E-state index contributed by atoms with van der Waals surface area (Å²) in [6.45, 7) is 8.03. The molecule has 7 heteroatoms. The number of methoxy groups -OCH3 is 1. The van der Waals surface area contributed by atoms with Crippen LogP contribution in [0, 0.1) is 6.92 Å². The normalized spacial score (nSPS) is 12.1. The van der Waals surface area contributed by atoms with Gasteiger partial charge in [0.25, 0.3) is 5.56 Å². The summed E-state index contributed by atoms with van der Waals surface area (Å²) in [6.07, 6.45) is 0. The van der Waals surface area contributed by atoms with Gasteiger partial charge in [-0.2, -0.15) is 0 Å². The molecule has 0 saturated carbocycles. The summed E-state index contributed by atoms with van der Waals surface area (Å²) >= 11 is 1.25. The average molecular weight is 488 g/mol. The van der Waals surface area contributed by atoms with Gasteiger partial charge in [0.1, 0.15) is 5.75 Å². The van der Waals surface area contributed by atoms with Crippen molar-refractivity contribution >= 4 is 34.3 Å². The van der Waals surface area contributed by atoms with Crippen molar-refractivity contribution in [3.05, 3.63) is 88.2 Å². The Morgan fingerprint density at radius 1 is 1.03 bits per heavy atom. The smallest absolute Gasteiger partial charge is 0.266 e. The first kappa shape index (κ1) is 24.5. The van der Waals surface area contributed by atoms with Crippen LogP contribution in [0.5, 0.6) is 5.75 Å². The number of amides is 1. The van der Waals surface area contributed by atoms with Gasteiger partial charge in [-0.3, -0.25) is 14.2 Å². The molecule has 1 amide bonds. The van der Waals surface area contributed by atoms with Crippen LogP contribution in [0.15, 0.2) is 76.7 Å². The van der Waals surface area contributed by atoms with E-state index in [0.717, 1.165) is 16.8 Å². The molecule has 0 aliphatic carbocycles. The maximum atomic E-state index is 13.5. The lowest BCUT2D eigenvalue weighted by molar-refractivity contribution is -0.115. The fourth-order valence-corrected chi connectivity index (χ4v) is 4.87. The zero-order valence-corrected chi connectivity index (χ0v) is 21.3. The molecule has 3 aromatic carbocycles. The van der Waals surface area contributed by atoms with E-state index in [1.54, 1.807) is 23.8 Å². The van der Waals surface area contributed by atoms with Crippen molar-refractivity contribution in [2.75, 3.05) is 12.4 Å². The van der Waals surface area contributed by atoms with E-state index in [0.29, 0.717) is 27.5 Å². The molecule has 0 radical (unpaired) electrons. The van der Waals surface area contributed by atoms with E-state index in [1.165, 1.54) is 11.8 Å². The van der Waals surface area contributed by atoms with Gasteiger partial charge in [-0.15, -0.1) is 0 Å². The van der Waals surface area contributed by atoms with Gasteiger partial charge in [0.05, 0.1) is 29.0 Å². The zero-order valence-electron chi connectivity index (χ0n) is 20.5. The molecule has 0 aliphatic heterocycles. The van der Waals surface area contributed by atoms with Gasteiger partial charge in [0.2, 0.25) is 5.91 Å². The molecule has 35 heavy (non-hydrogen) atoms. The minimum Gasteiger partial charge on any atom is -0.497 e. The van der Waals surface area contributed by atoms with Crippen molar-refractivity contribution < 1.29 is 9.53 Å². The van der Waals surface area contributed by atoms with Crippen LogP contribution in [0.3, 0.4) is 0 Å². The average Bonchev–Trinajstić information content (AvgIpc) is 2.85. The second-order valence-electron chi connectivity index (χ2n) is 8.70. The molecule has 6 nitrogen and oxygen atoms in total. The molecule has 1 aromatic heterocycles. The first-order valence-corrected chi connectivity index (χ1v) is 12.4. The van der Waals surface area contributed by atoms with Crippen molar-refractivity contribution in [2.45, 2.75) is 44.0 Å². The van der Waals surface area contributed by atoms with E-state index in [9.17, 15) is 9.59 Å². The molecule has 1 unspecified atom stereocenters. The van der Waals surface area contributed by atoms with Crippen molar-refractivity contribution in [1.82, 2.24) is 9.55 Å². The third kappa shape index (κ3) is 5.10. The van der Waals surface area contributed by atoms with Gasteiger partial charge < -0.3 is 10.1 Å². The molecule has 0 saturated heterocycles. The topological polar surface area (TPSA) is 73.2 Å². The van der Waals surface area contributed by atoms with Crippen molar-refractivity contribution in [2.24, 2.45) is 0 Å². The fraction of sp³-hybridized carbons (Fsp3) is 0.250. The van der Waals surface area contributed by atoms with Gasteiger partial charge in [-0.05, 0) is 55.2 Å². The Labute approximate surface area is 209 Å². The van der Waals surface area contributed by atoms with Gasteiger partial charge in [-0.25, -0.2) is 4.98 Å². The molecule has 4 aromatic rings. The van der Waals surface area contributed by atoms with E-state index >= 15 is 0 Å². The van der Waals surface area contributed by atoms with Crippen LogP contribution in [-0.4, -0.2) is 27.8 Å². The minimum absolute atomic E-state index is 0.147. The van der Waals surface area contributed by atoms with E-state index < -0.39 is 5.25 Å². The van der Waals surface area contributed by atoms with Crippen LogP contribution in [0.4, 0.5) is 5.69 Å². The number of fused-ring (bicyclic) bond motifs is 1. The lowest BCUT2D eigenvalue weighted by atomic mass is 9.98. The Balaban J connectivity index is 1.73. The number of aromatic nitrogens is 2. The summed E-state index contributed by atoms with van der Waals surface area (Å²) in [5, 5.41) is 3.57. The number of nitrogens with one attached hydrogen (secondary N) is 1. The Kier molecular flexibility index (Phi) is 7.26. The number of hydrogen-bond acceptors (Lipinski definition) is 5. The Morgan fingerprint density at radius 3 is 2.51 bits per heavy atom. The van der Waals surface area contributed by atoms with Crippen LogP contribution in [-0.2, 0) is 4.79 Å². The van der Waals surface area contributed by atoms with Crippen LogP contribution in [0.25, 0.3) is 16.6 Å². The predicted octanol–water partition coefficient (Wildman–Crippen LogP) is 5.95. The summed E-state index contributed by atoms with van der Waals surface area (Å²) in [5.74, 6) is 0.754. The highest BCUT2D eigenvalue weighted by Gasteiger charge is 2.22. The Morgan fingerprint density at radius 2 is 1.77 bits per heavy atom. The SMILES string of the molecule is COc1cccc(-n2c(SC(C)C(=O)Nc3c(C)cccc3C(C)C)nc3ccccc3c2=O)c1. The molecule has 180 valence electrons. The van der Waals surface area contributed by atoms with Crippen LogP contribution >= 0.6 is 11.8 Å². The predicted molar refractivity (Wildman–Crippen MR) is 143 cm³/mol. The van der Waals surface area contributed by atoms with Crippen molar-refractivity contribution in [3.8, 4) is 11.4 Å². The number of ether oxygens (including phenoxy) is 1. The Hall–Kier alpha value is -3.58. The number of anilines is 1. The number of carbonyl (C=O) groups is 1. The van der Waals surface area contributed by atoms with Gasteiger partial charge in [0.15, 0.2) is 5.16 Å². The number of thioether (sulfide) groups is 1. The maximum Gasteiger partial charge on any atom is 0.266 e. The Bertz CT molecular complexity index is 1450. The number of carbonyl (C=O) groups excluding carboxylic acids is 1. The first-order chi connectivity index (χ1) is 16.8. The fourth-order valence-electron chi connectivity index (χ4n) is 3.95. The molecular formula is C28H29N3O3S. The minimum atomic E-state index is -0.500. The molecule has 1 N–H and O–H groups in total. The van der Waals surface area contributed by atoms with E-state index in [-0.39, 0.29) is 17.4 Å². The summed E-state index contributed by atoms with van der Waals surface area (Å²) < 4.78 is 6.91. The number of hydrogen-bond donors (Lipinski definition) is 1. The van der Waals surface area contributed by atoms with Gasteiger partial charge >= 0.3 is 0 Å². The van der Waals surface area contributed by atoms with Crippen molar-refractivity contribution in [1.29, 1.82) is 0 Å². The summed E-state index contributed by atoms with van der Waals surface area (Å²) in [5.41, 5.74) is 3.97.